The summed E-state index contributed by atoms with van der Waals surface area (Å²) in [6.45, 7) is 3.91. The molecule has 2 aliphatic heterocycles. The third-order valence-electron chi connectivity index (χ3n) is 5.84. The molecular weight excluding hydrogens is 443 g/mol. The number of halogens is 3. The Morgan fingerprint density at radius 1 is 1.03 bits per heavy atom. The fourth-order valence-electron chi connectivity index (χ4n) is 4.27. The van der Waals surface area contributed by atoms with Gasteiger partial charge >= 0.3 is 6.18 Å². The third kappa shape index (κ3) is 5.83. The molecule has 0 saturated carbocycles. The highest BCUT2D eigenvalue weighted by molar-refractivity contribution is 7.89. The number of piperidine rings is 2. The van der Waals surface area contributed by atoms with Gasteiger partial charge in [-0.05, 0) is 50.3 Å². The molecule has 0 N–H and O–H groups in total. The fourth-order valence-corrected chi connectivity index (χ4v) is 6.02. The van der Waals surface area contributed by atoms with Gasteiger partial charge in [0.25, 0.3) is 5.91 Å². The van der Waals surface area contributed by atoms with E-state index in [1.54, 1.807) is 6.07 Å². The molecule has 2 heterocycles. The van der Waals surface area contributed by atoms with Crippen LogP contribution < -0.4 is 4.90 Å². The van der Waals surface area contributed by atoms with Gasteiger partial charge in [0.2, 0.25) is 10.0 Å². The van der Waals surface area contributed by atoms with Crippen LogP contribution in [0.2, 0.25) is 0 Å². The molecule has 0 radical (unpaired) electrons. The van der Waals surface area contributed by atoms with Crippen LogP contribution in [0.3, 0.4) is 0 Å². The van der Waals surface area contributed by atoms with E-state index in [4.69, 9.17) is 0 Å². The van der Waals surface area contributed by atoms with Crippen molar-refractivity contribution in [3.05, 3.63) is 36.4 Å². The first-order valence-electron chi connectivity index (χ1n) is 11.0. The SMILES string of the molecule is C=CCN(CC(F)(F)F)C(=O)c1ccc(N2CCCCC2)c(S(=O)(=O)N2CCCCC2)c1. The summed E-state index contributed by atoms with van der Waals surface area (Å²) in [6.07, 6.45) is 2.05. The van der Waals surface area contributed by atoms with Crippen molar-refractivity contribution in [1.29, 1.82) is 0 Å². The maximum atomic E-state index is 13.5. The Hall–Kier alpha value is -2.07. The number of benzene rings is 1. The summed E-state index contributed by atoms with van der Waals surface area (Å²) in [5, 5.41) is 0. The Morgan fingerprint density at radius 3 is 2.19 bits per heavy atom. The predicted octanol–water partition coefficient (Wildman–Crippen LogP) is 4.04. The second-order valence-electron chi connectivity index (χ2n) is 8.28. The van der Waals surface area contributed by atoms with Gasteiger partial charge in [-0.3, -0.25) is 4.79 Å². The quantitative estimate of drug-likeness (QED) is 0.561. The predicted molar refractivity (Wildman–Crippen MR) is 117 cm³/mol. The number of hydrogen-bond donors (Lipinski definition) is 0. The maximum Gasteiger partial charge on any atom is 0.406 e. The second kappa shape index (κ2) is 10.2. The Bertz CT molecular complexity index is 922. The first-order valence-corrected chi connectivity index (χ1v) is 12.4. The van der Waals surface area contributed by atoms with E-state index in [-0.39, 0.29) is 17.0 Å². The van der Waals surface area contributed by atoms with E-state index in [1.165, 1.54) is 22.5 Å². The molecule has 1 aromatic carbocycles. The molecule has 1 aromatic rings. The van der Waals surface area contributed by atoms with Crippen molar-refractivity contribution in [3.63, 3.8) is 0 Å². The Balaban J connectivity index is 2.02. The summed E-state index contributed by atoms with van der Waals surface area (Å²) in [4.78, 5) is 15.5. The maximum absolute atomic E-state index is 13.5. The molecule has 6 nitrogen and oxygen atoms in total. The molecular formula is C22H30F3N3O3S. The average Bonchev–Trinajstić information content (AvgIpc) is 2.78. The van der Waals surface area contributed by atoms with Gasteiger partial charge in [0, 0.05) is 38.3 Å². The molecule has 178 valence electrons. The monoisotopic (exact) mass is 473 g/mol. The number of alkyl halides is 3. The fraction of sp³-hybridized carbons (Fsp3) is 0.591. The van der Waals surface area contributed by atoms with Gasteiger partial charge in [-0.25, -0.2) is 8.42 Å². The van der Waals surface area contributed by atoms with Gasteiger partial charge in [0.05, 0.1) is 5.69 Å². The van der Waals surface area contributed by atoms with Crippen molar-refractivity contribution < 1.29 is 26.4 Å². The van der Waals surface area contributed by atoms with Crippen LogP contribution in [-0.4, -0.2) is 69.0 Å². The number of sulfonamides is 1. The normalized spacial score (nSPS) is 18.4. The van der Waals surface area contributed by atoms with Crippen molar-refractivity contribution in [2.75, 3.05) is 44.2 Å². The van der Waals surface area contributed by atoms with Crippen molar-refractivity contribution in [1.82, 2.24) is 9.21 Å². The van der Waals surface area contributed by atoms with E-state index in [9.17, 15) is 26.4 Å². The van der Waals surface area contributed by atoms with Crippen molar-refractivity contribution in [3.8, 4) is 0 Å². The molecule has 0 unspecified atom stereocenters. The number of amides is 1. The van der Waals surface area contributed by atoms with Crippen LogP contribution in [0.4, 0.5) is 18.9 Å². The molecule has 0 bridgehead atoms. The van der Waals surface area contributed by atoms with E-state index in [2.05, 4.69) is 6.58 Å². The van der Waals surface area contributed by atoms with E-state index < -0.39 is 28.7 Å². The molecule has 0 spiro atoms. The van der Waals surface area contributed by atoms with Gasteiger partial charge < -0.3 is 9.80 Å². The number of carbonyl (C=O) groups is 1. The Labute approximate surface area is 187 Å². The highest BCUT2D eigenvalue weighted by atomic mass is 32.2. The molecule has 3 rings (SSSR count). The smallest absolute Gasteiger partial charge is 0.370 e. The lowest BCUT2D eigenvalue weighted by Crippen LogP contribution is -2.40. The van der Waals surface area contributed by atoms with Gasteiger partial charge in [-0.1, -0.05) is 12.5 Å². The number of anilines is 1. The first-order chi connectivity index (χ1) is 15.1. The van der Waals surface area contributed by atoms with E-state index >= 15 is 0 Å². The van der Waals surface area contributed by atoms with Crippen molar-refractivity contribution >= 4 is 21.6 Å². The second-order valence-corrected chi connectivity index (χ2v) is 10.2. The zero-order valence-electron chi connectivity index (χ0n) is 18.1. The highest BCUT2D eigenvalue weighted by Gasteiger charge is 2.35. The lowest BCUT2D eigenvalue weighted by atomic mass is 10.1. The zero-order valence-corrected chi connectivity index (χ0v) is 18.9. The molecule has 0 aromatic heterocycles. The molecule has 0 aliphatic carbocycles. The Kier molecular flexibility index (Phi) is 7.87. The first kappa shape index (κ1) is 24.6. The molecule has 10 heteroatoms. The Morgan fingerprint density at radius 2 is 1.62 bits per heavy atom. The minimum absolute atomic E-state index is 0.00212. The van der Waals surface area contributed by atoms with Crippen LogP contribution in [0.15, 0.2) is 35.7 Å². The summed E-state index contributed by atoms with van der Waals surface area (Å²) in [7, 11) is -3.89. The number of nitrogens with zero attached hydrogens (tertiary/aromatic N) is 3. The van der Waals surface area contributed by atoms with Crippen LogP contribution >= 0.6 is 0 Å². The van der Waals surface area contributed by atoms with E-state index in [1.807, 2.05) is 4.90 Å². The van der Waals surface area contributed by atoms with Crippen LogP contribution in [0, 0.1) is 0 Å². The van der Waals surface area contributed by atoms with Gasteiger partial charge in [-0.2, -0.15) is 17.5 Å². The number of carbonyl (C=O) groups excluding carboxylic acids is 1. The standard InChI is InChI=1S/C22H30F3N3O3S/c1-2-11-27(17-22(23,24)25)21(29)18-9-10-19(26-12-5-3-6-13-26)20(16-18)32(30,31)28-14-7-4-8-15-28/h2,9-10,16H,1,3-8,11-15,17H2. The van der Waals surface area contributed by atoms with Crippen LogP contribution in [0.5, 0.6) is 0 Å². The number of rotatable bonds is 7. The van der Waals surface area contributed by atoms with Gasteiger partial charge in [0.1, 0.15) is 11.4 Å². The van der Waals surface area contributed by atoms with Gasteiger partial charge in [-0.15, -0.1) is 6.58 Å². The summed E-state index contributed by atoms with van der Waals surface area (Å²) >= 11 is 0. The minimum atomic E-state index is -4.57. The largest absolute Gasteiger partial charge is 0.406 e. The zero-order chi connectivity index (χ0) is 23.4. The number of hydrogen-bond acceptors (Lipinski definition) is 4. The third-order valence-corrected chi connectivity index (χ3v) is 7.77. The molecule has 0 atom stereocenters. The summed E-state index contributed by atoms with van der Waals surface area (Å²) in [6, 6.07) is 4.24. The van der Waals surface area contributed by atoms with Gasteiger partial charge in [0.15, 0.2) is 0 Å². The molecule has 1 amide bonds. The topological polar surface area (TPSA) is 60.9 Å². The summed E-state index contributed by atoms with van der Waals surface area (Å²) in [5.74, 6) is -0.873. The molecule has 2 saturated heterocycles. The lowest BCUT2D eigenvalue weighted by Gasteiger charge is -2.33. The van der Waals surface area contributed by atoms with Crippen molar-refractivity contribution in [2.24, 2.45) is 0 Å². The van der Waals surface area contributed by atoms with E-state index in [0.29, 0.717) is 36.8 Å². The average molecular weight is 474 g/mol. The highest BCUT2D eigenvalue weighted by Crippen LogP contribution is 2.33. The molecule has 32 heavy (non-hydrogen) atoms. The summed E-state index contributed by atoms with van der Waals surface area (Å²) < 4.78 is 67.4. The molecule has 2 aliphatic rings. The summed E-state index contributed by atoms with van der Waals surface area (Å²) in [5.41, 5.74) is 0.436. The van der Waals surface area contributed by atoms with E-state index in [0.717, 1.165) is 38.5 Å². The van der Waals surface area contributed by atoms with Crippen LogP contribution in [0.25, 0.3) is 0 Å². The minimum Gasteiger partial charge on any atom is -0.370 e. The van der Waals surface area contributed by atoms with Crippen LogP contribution in [-0.2, 0) is 10.0 Å². The van der Waals surface area contributed by atoms with Crippen molar-refractivity contribution in [2.45, 2.75) is 49.6 Å². The van der Waals surface area contributed by atoms with Crippen LogP contribution in [0.1, 0.15) is 48.9 Å². The lowest BCUT2D eigenvalue weighted by molar-refractivity contribution is -0.139. The molecule has 2 fully saturated rings.